The minimum atomic E-state index is -1.02. The van der Waals surface area contributed by atoms with Crippen LogP contribution in [0, 0.1) is 6.92 Å². The van der Waals surface area contributed by atoms with Gasteiger partial charge in [-0.2, -0.15) is 5.10 Å². The number of carboxylic acid groups (broad SMARTS) is 1. The van der Waals surface area contributed by atoms with E-state index in [0.717, 1.165) is 41.8 Å². The van der Waals surface area contributed by atoms with E-state index in [-0.39, 0.29) is 18.5 Å². The second-order valence-electron chi connectivity index (χ2n) is 6.80. The third kappa shape index (κ3) is 3.29. The van der Waals surface area contributed by atoms with Crippen molar-refractivity contribution in [1.29, 1.82) is 0 Å². The van der Waals surface area contributed by atoms with Crippen LogP contribution in [0.1, 0.15) is 47.6 Å². The van der Waals surface area contributed by atoms with Crippen molar-refractivity contribution in [2.75, 3.05) is 6.54 Å². The highest BCUT2D eigenvalue weighted by atomic mass is 16.4. The van der Waals surface area contributed by atoms with Crippen LogP contribution in [-0.4, -0.2) is 44.3 Å². The summed E-state index contributed by atoms with van der Waals surface area (Å²) in [4.78, 5) is 25.5. The fourth-order valence-electron chi connectivity index (χ4n) is 3.28. The zero-order chi connectivity index (χ0) is 18.1. The normalized spacial score (nSPS) is 13.1. The van der Waals surface area contributed by atoms with Gasteiger partial charge < -0.3 is 10.0 Å². The van der Waals surface area contributed by atoms with Crippen molar-refractivity contribution in [3.05, 3.63) is 46.8 Å². The lowest BCUT2D eigenvalue weighted by Gasteiger charge is -2.24. The van der Waals surface area contributed by atoms with E-state index in [1.165, 1.54) is 4.90 Å². The first-order valence-electron chi connectivity index (χ1n) is 8.59. The number of aliphatic carboxylic acids is 1. The Hall–Kier alpha value is -2.63. The molecule has 6 nitrogen and oxygen atoms in total. The van der Waals surface area contributed by atoms with E-state index in [9.17, 15) is 9.59 Å². The summed E-state index contributed by atoms with van der Waals surface area (Å²) in [5.74, 6) is -1.32. The second-order valence-corrected chi connectivity index (χ2v) is 6.80. The van der Waals surface area contributed by atoms with Gasteiger partial charge in [-0.25, -0.2) is 4.68 Å². The van der Waals surface area contributed by atoms with E-state index in [0.29, 0.717) is 5.69 Å². The second kappa shape index (κ2) is 6.70. The van der Waals surface area contributed by atoms with Crippen LogP contribution in [0.4, 0.5) is 0 Å². The monoisotopic (exact) mass is 341 g/mol. The standard InChI is InChI=1S/C19H23N3O3/c1-12(2)21(11-17(23)24)19(25)18-15-5-4-6-16(15)22(20-18)14-9-7-13(3)8-10-14/h7-10,12H,4-6,11H2,1-3H3,(H,23,24). The summed E-state index contributed by atoms with van der Waals surface area (Å²) in [6.45, 7) is 5.34. The molecule has 0 atom stereocenters. The van der Waals surface area contributed by atoms with Crippen LogP contribution >= 0.6 is 0 Å². The lowest BCUT2D eigenvalue weighted by Crippen LogP contribution is -2.41. The molecule has 1 heterocycles. The molecule has 0 radical (unpaired) electrons. The van der Waals surface area contributed by atoms with E-state index >= 15 is 0 Å². The molecule has 1 aromatic heterocycles. The zero-order valence-corrected chi connectivity index (χ0v) is 14.8. The minimum Gasteiger partial charge on any atom is -0.480 e. The number of aryl methyl sites for hydroxylation is 1. The molecule has 0 saturated heterocycles. The maximum Gasteiger partial charge on any atom is 0.323 e. The van der Waals surface area contributed by atoms with E-state index in [4.69, 9.17) is 5.11 Å². The van der Waals surface area contributed by atoms with Crippen LogP contribution in [-0.2, 0) is 17.6 Å². The maximum absolute atomic E-state index is 13.0. The summed E-state index contributed by atoms with van der Waals surface area (Å²) in [5.41, 5.74) is 4.50. The number of hydrogen-bond donors (Lipinski definition) is 1. The lowest BCUT2D eigenvalue weighted by molar-refractivity contribution is -0.138. The Labute approximate surface area is 147 Å². The first kappa shape index (κ1) is 17.2. The van der Waals surface area contributed by atoms with Gasteiger partial charge in [0.1, 0.15) is 6.54 Å². The van der Waals surface area contributed by atoms with Crippen LogP contribution in [0.2, 0.25) is 0 Å². The molecule has 132 valence electrons. The smallest absolute Gasteiger partial charge is 0.323 e. The van der Waals surface area contributed by atoms with Crippen LogP contribution < -0.4 is 0 Å². The van der Waals surface area contributed by atoms with Crippen molar-refractivity contribution in [2.24, 2.45) is 0 Å². The number of aromatic nitrogens is 2. The van der Waals surface area contributed by atoms with Gasteiger partial charge in [0.05, 0.1) is 5.69 Å². The highest BCUT2D eigenvalue weighted by molar-refractivity contribution is 5.96. The number of carbonyl (C=O) groups excluding carboxylic acids is 1. The number of amides is 1. The van der Waals surface area contributed by atoms with Gasteiger partial charge in [-0.3, -0.25) is 9.59 Å². The average Bonchev–Trinajstić information content (AvgIpc) is 3.15. The van der Waals surface area contributed by atoms with Crippen molar-refractivity contribution in [2.45, 2.75) is 46.1 Å². The van der Waals surface area contributed by atoms with Gasteiger partial charge in [0.25, 0.3) is 5.91 Å². The van der Waals surface area contributed by atoms with E-state index < -0.39 is 5.97 Å². The largest absolute Gasteiger partial charge is 0.480 e. The fourth-order valence-corrected chi connectivity index (χ4v) is 3.28. The van der Waals surface area contributed by atoms with Gasteiger partial charge in [0.15, 0.2) is 5.69 Å². The molecule has 1 amide bonds. The first-order valence-corrected chi connectivity index (χ1v) is 8.59. The molecule has 0 bridgehead atoms. The molecular weight excluding hydrogens is 318 g/mol. The van der Waals surface area contributed by atoms with Gasteiger partial charge >= 0.3 is 5.97 Å². The molecule has 1 aliphatic carbocycles. The van der Waals surface area contributed by atoms with Gasteiger partial charge in [0.2, 0.25) is 0 Å². The van der Waals surface area contributed by atoms with Gasteiger partial charge in [-0.1, -0.05) is 17.7 Å². The molecule has 0 saturated carbocycles. The van der Waals surface area contributed by atoms with Crippen molar-refractivity contribution in [3.8, 4) is 5.69 Å². The molecule has 1 N–H and O–H groups in total. The Morgan fingerprint density at radius 2 is 1.92 bits per heavy atom. The highest BCUT2D eigenvalue weighted by Gasteiger charge is 2.31. The predicted molar refractivity (Wildman–Crippen MR) is 94.1 cm³/mol. The quantitative estimate of drug-likeness (QED) is 0.907. The average molecular weight is 341 g/mol. The Morgan fingerprint density at radius 3 is 2.52 bits per heavy atom. The number of benzene rings is 1. The number of carboxylic acids is 1. The maximum atomic E-state index is 13.0. The van der Waals surface area contributed by atoms with Crippen molar-refractivity contribution in [1.82, 2.24) is 14.7 Å². The number of rotatable bonds is 5. The Kier molecular flexibility index (Phi) is 4.61. The molecule has 2 aromatic rings. The number of nitrogens with zero attached hydrogens (tertiary/aromatic N) is 3. The molecule has 0 unspecified atom stereocenters. The molecule has 0 fully saturated rings. The molecule has 1 aromatic carbocycles. The van der Waals surface area contributed by atoms with E-state index in [1.54, 1.807) is 0 Å². The van der Waals surface area contributed by atoms with Crippen LogP contribution in [0.25, 0.3) is 5.69 Å². The Morgan fingerprint density at radius 1 is 1.24 bits per heavy atom. The van der Waals surface area contributed by atoms with Crippen LogP contribution in [0.15, 0.2) is 24.3 Å². The van der Waals surface area contributed by atoms with Crippen molar-refractivity contribution >= 4 is 11.9 Å². The summed E-state index contributed by atoms with van der Waals surface area (Å²) in [6.07, 6.45) is 2.67. The summed E-state index contributed by atoms with van der Waals surface area (Å²) in [6, 6.07) is 7.82. The highest BCUT2D eigenvalue weighted by Crippen LogP contribution is 2.29. The molecule has 1 aliphatic rings. The first-order chi connectivity index (χ1) is 11.9. The topological polar surface area (TPSA) is 75.4 Å². The van der Waals surface area contributed by atoms with E-state index in [2.05, 4.69) is 5.10 Å². The van der Waals surface area contributed by atoms with Crippen molar-refractivity contribution < 1.29 is 14.7 Å². The zero-order valence-electron chi connectivity index (χ0n) is 14.8. The SMILES string of the molecule is Cc1ccc(-n2nc(C(=O)N(CC(=O)O)C(C)C)c3c2CCC3)cc1. The molecule has 0 spiro atoms. The fraction of sp³-hybridized carbons (Fsp3) is 0.421. The number of carbonyl (C=O) groups is 2. The Bertz CT molecular complexity index is 806. The third-order valence-corrected chi connectivity index (χ3v) is 4.60. The number of hydrogen-bond acceptors (Lipinski definition) is 3. The third-order valence-electron chi connectivity index (χ3n) is 4.60. The molecule has 25 heavy (non-hydrogen) atoms. The lowest BCUT2D eigenvalue weighted by atomic mass is 10.1. The van der Waals surface area contributed by atoms with Gasteiger partial charge in [0, 0.05) is 17.3 Å². The summed E-state index contributed by atoms with van der Waals surface area (Å²) >= 11 is 0. The molecule has 3 rings (SSSR count). The van der Waals surface area contributed by atoms with Crippen LogP contribution in [0.3, 0.4) is 0 Å². The van der Waals surface area contributed by atoms with Gasteiger partial charge in [-0.15, -0.1) is 0 Å². The minimum absolute atomic E-state index is 0.204. The van der Waals surface area contributed by atoms with E-state index in [1.807, 2.05) is 49.7 Å². The Balaban J connectivity index is 2.02. The van der Waals surface area contributed by atoms with Crippen molar-refractivity contribution in [3.63, 3.8) is 0 Å². The number of fused-ring (bicyclic) bond motifs is 1. The molecular formula is C19H23N3O3. The predicted octanol–water partition coefficient (Wildman–Crippen LogP) is 2.60. The molecule has 6 heteroatoms. The summed E-state index contributed by atoms with van der Waals surface area (Å²) in [5, 5.41) is 13.7. The van der Waals surface area contributed by atoms with Crippen LogP contribution in [0.5, 0.6) is 0 Å². The molecule has 0 aliphatic heterocycles. The summed E-state index contributed by atoms with van der Waals surface area (Å²) in [7, 11) is 0. The summed E-state index contributed by atoms with van der Waals surface area (Å²) < 4.78 is 1.84. The van der Waals surface area contributed by atoms with Gasteiger partial charge in [-0.05, 0) is 52.2 Å².